The second-order valence-electron chi connectivity index (χ2n) is 14.3. The van der Waals surface area contributed by atoms with Crippen LogP contribution in [0.25, 0.3) is 0 Å². The van der Waals surface area contributed by atoms with Gasteiger partial charge >= 0.3 is 5.97 Å². The number of hydrogen-bond donors (Lipinski definition) is 1. The van der Waals surface area contributed by atoms with Crippen molar-refractivity contribution in [1.82, 2.24) is 0 Å². The van der Waals surface area contributed by atoms with Gasteiger partial charge < -0.3 is 23.7 Å². The average Bonchev–Trinajstić information content (AvgIpc) is 3.30. The molecule has 1 atom stereocenters. The lowest BCUT2D eigenvalue weighted by Crippen LogP contribution is -2.46. The van der Waals surface area contributed by atoms with Gasteiger partial charge in [-0.3, -0.25) is 0 Å². The van der Waals surface area contributed by atoms with Crippen molar-refractivity contribution in [3.05, 3.63) is 12.2 Å². The molecule has 7 heteroatoms. The van der Waals surface area contributed by atoms with Crippen LogP contribution in [0.2, 0.25) is 18.1 Å². The van der Waals surface area contributed by atoms with E-state index in [4.69, 9.17) is 18.6 Å². The van der Waals surface area contributed by atoms with Crippen LogP contribution in [0.5, 0.6) is 0 Å². The Hall–Kier alpha value is -0.733. The maximum atomic E-state index is 12.9. The van der Waals surface area contributed by atoms with E-state index >= 15 is 0 Å². The summed E-state index contributed by atoms with van der Waals surface area (Å²) in [6.45, 7) is 20.4. The highest BCUT2D eigenvalue weighted by Crippen LogP contribution is 2.37. The van der Waals surface area contributed by atoms with Crippen LogP contribution in [0.4, 0.5) is 0 Å². The van der Waals surface area contributed by atoms with Crippen molar-refractivity contribution >= 4 is 14.3 Å². The van der Waals surface area contributed by atoms with Crippen molar-refractivity contribution in [2.45, 2.75) is 173 Å². The molecule has 0 aliphatic carbocycles. The highest BCUT2D eigenvalue weighted by molar-refractivity contribution is 6.74. The fraction of sp³-hybridized carbons (Fsp3) is 0.909. The van der Waals surface area contributed by atoms with E-state index in [0.717, 1.165) is 58.2 Å². The summed E-state index contributed by atoms with van der Waals surface area (Å²) < 4.78 is 23.9. The molecule has 1 heterocycles. The molecule has 0 spiro atoms. The number of carbonyl (C=O) groups excluding carboxylic acids is 1. The summed E-state index contributed by atoms with van der Waals surface area (Å²) in [5.41, 5.74) is -2.24. The Bertz CT molecular complexity index is 730. The summed E-state index contributed by atoms with van der Waals surface area (Å²) in [7, 11) is -1.97. The Morgan fingerprint density at radius 3 is 1.95 bits per heavy atom. The molecule has 1 rings (SSSR count). The minimum atomic E-state index is -1.97. The molecule has 1 N–H and O–H groups in total. The number of rotatable bonds is 20. The van der Waals surface area contributed by atoms with E-state index in [1.807, 2.05) is 26.8 Å². The Kier molecular flexibility index (Phi) is 16.2. The van der Waals surface area contributed by atoms with Gasteiger partial charge in [0.1, 0.15) is 5.60 Å². The zero-order chi connectivity index (χ0) is 30.3. The van der Waals surface area contributed by atoms with E-state index in [1.165, 1.54) is 32.1 Å². The number of ether oxygens (including phenoxy) is 3. The minimum absolute atomic E-state index is 0.0723. The SMILES string of the molecule is CCCCCCCC1(CCCCCC/C=C/C[C@@](O)(CCO[Si](C)(C)C(C)(C)C)C(=O)OC(C)(C)C)OCCO1. The van der Waals surface area contributed by atoms with Crippen LogP contribution in [-0.4, -0.2) is 56.2 Å². The molecule has 0 aromatic heterocycles. The summed E-state index contributed by atoms with van der Waals surface area (Å²) in [6, 6.07) is 0. The van der Waals surface area contributed by atoms with Crippen LogP contribution in [0, 0.1) is 0 Å². The molecule has 1 aliphatic heterocycles. The first-order valence-electron chi connectivity index (χ1n) is 16.1. The average molecular weight is 585 g/mol. The molecular formula is C33H64O6Si. The van der Waals surface area contributed by atoms with Gasteiger partial charge in [0, 0.05) is 32.3 Å². The molecule has 0 saturated carbocycles. The van der Waals surface area contributed by atoms with E-state index < -0.39 is 25.5 Å². The largest absolute Gasteiger partial charge is 0.458 e. The van der Waals surface area contributed by atoms with Crippen LogP contribution in [0.15, 0.2) is 12.2 Å². The summed E-state index contributed by atoms with van der Waals surface area (Å²) in [4.78, 5) is 12.9. The third-order valence-corrected chi connectivity index (χ3v) is 12.9. The van der Waals surface area contributed by atoms with Crippen molar-refractivity contribution in [1.29, 1.82) is 0 Å². The van der Waals surface area contributed by atoms with Crippen LogP contribution >= 0.6 is 0 Å². The van der Waals surface area contributed by atoms with Gasteiger partial charge in [-0.15, -0.1) is 0 Å². The predicted molar refractivity (Wildman–Crippen MR) is 168 cm³/mol. The van der Waals surface area contributed by atoms with Gasteiger partial charge in [-0.05, 0) is 64.6 Å². The van der Waals surface area contributed by atoms with Gasteiger partial charge in [-0.2, -0.15) is 0 Å². The van der Waals surface area contributed by atoms with Crippen LogP contribution < -0.4 is 0 Å². The lowest BCUT2D eigenvalue weighted by Gasteiger charge is -2.37. The minimum Gasteiger partial charge on any atom is -0.458 e. The first-order chi connectivity index (χ1) is 18.6. The van der Waals surface area contributed by atoms with Crippen molar-refractivity contribution in [2.75, 3.05) is 19.8 Å². The number of unbranched alkanes of at least 4 members (excludes halogenated alkanes) is 8. The summed E-state index contributed by atoms with van der Waals surface area (Å²) in [5, 5.41) is 11.4. The smallest absolute Gasteiger partial charge is 0.339 e. The number of allylic oxidation sites excluding steroid dienone is 1. The summed E-state index contributed by atoms with van der Waals surface area (Å²) >= 11 is 0. The third kappa shape index (κ3) is 14.4. The molecule has 0 radical (unpaired) electrons. The van der Waals surface area contributed by atoms with E-state index in [-0.39, 0.29) is 23.7 Å². The summed E-state index contributed by atoms with van der Waals surface area (Å²) in [6.07, 6.45) is 18.3. The molecule has 0 unspecified atom stereocenters. The van der Waals surface area contributed by atoms with Gasteiger partial charge in [0.2, 0.25) is 0 Å². The number of hydrogen-bond acceptors (Lipinski definition) is 6. The Balaban J connectivity index is 2.46. The van der Waals surface area contributed by atoms with Crippen molar-refractivity contribution in [3.63, 3.8) is 0 Å². The van der Waals surface area contributed by atoms with E-state index in [0.29, 0.717) is 6.61 Å². The standard InChI is InChI=1S/C33H64O6Si/c1-10-11-12-16-20-23-33(36-27-28-37-33)24-21-18-15-13-14-17-19-22-32(35,29(34)39-30(2,3)4)25-26-38-40(8,9)31(5,6)7/h17,19,35H,10-16,18,20-28H2,1-9H3/b19-17+/t32-/m1/s1. The molecule has 0 bridgehead atoms. The van der Waals surface area contributed by atoms with E-state index in [9.17, 15) is 9.90 Å². The molecule has 40 heavy (non-hydrogen) atoms. The van der Waals surface area contributed by atoms with Crippen LogP contribution in [0.3, 0.4) is 0 Å². The number of aliphatic hydroxyl groups is 1. The molecule has 0 aromatic rings. The van der Waals surface area contributed by atoms with Crippen LogP contribution in [0.1, 0.15) is 138 Å². The van der Waals surface area contributed by atoms with Crippen molar-refractivity contribution in [2.24, 2.45) is 0 Å². The van der Waals surface area contributed by atoms with E-state index in [1.54, 1.807) is 0 Å². The fourth-order valence-corrected chi connectivity index (χ4v) is 5.71. The van der Waals surface area contributed by atoms with Gasteiger partial charge in [0.15, 0.2) is 19.7 Å². The summed E-state index contributed by atoms with van der Waals surface area (Å²) in [5.74, 6) is -0.911. The quantitative estimate of drug-likeness (QED) is 0.0667. The zero-order valence-electron chi connectivity index (χ0n) is 27.7. The second-order valence-corrected chi connectivity index (χ2v) is 19.1. The number of carbonyl (C=O) groups is 1. The fourth-order valence-electron chi connectivity index (χ4n) is 4.67. The Morgan fingerprint density at radius 2 is 1.43 bits per heavy atom. The maximum Gasteiger partial charge on any atom is 0.339 e. The van der Waals surface area contributed by atoms with E-state index in [2.05, 4.69) is 46.9 Å². The molecular weight excluding hydrogens is 520 g/mol. The Morgan fingerprint density at radius 1 is 0.875 bits per heavy atom. The Labute approximate surface area is 248 Å². The highest BCUT2D eigenvalue weighted by atomic mass is 28.4. The lowest BCUT2D eigenvalue weighted by atomic mass is 9.95. The monoisotopic (exact) mass is 584 g/mol. The van der Waals surface area contributed by atoms with Gasteiger partial charge in [0.05, 0.1) is 13.2 Å². The maximum absolute atomic E-state index is 12.9. The van der Waals surface area contributed by atoms with Crippen molar-refractivity contribution < 1.29 is 28.5 Å². The molecule has 1 aliphatic rings. The predicted octanol–water partition coefficient (Wildman–Crippen LogP) is 8.86. The van der Waals surface area contributed by atoms with Crippen LogP contribution in [-0.2, 0) is 23.4 Å². The zero-order valence-corrected chi connectivity index (χ0v) is 28.7. The molecule has 236 valence electrons. The van der Waals surface area contributed by atoms with Gasteiger partial charge in [-0.1, -0.05) is 78.4 Å². The first kappa shape index (κ1) is 37.3. The topological polar surface area (TPSA) is 74.2 Å². The first-order valence-corrected chi connectivity index (χ1v) is 19.0. The number of esters is 1. The molecule has 0 aromatic carbocycles. The van der Waals surface area contributed by atoms with Gasteiger partial charge in [0.25, 0.3) is 0 Å². The second kappa shape index (κ2) is 17.4. The highest BCUT2D eigenvalue weighted by Gasteiger charge is 2.41. The lowest BCUT2D eigenvalue weighted by molar-refractivity contribution is -0.178. The normalized spacial score (nSPS) is 17.9. The molecule has 1 fully saturated rings. The molecule has 0 amide bonds. The third-order valence-electron chi connectivity index (χ3n) is 8.34. The molecule has 1 saturated heterocycles. The van der Waals surface area contributed by atoms with Gasteiger partial charge in [-0.25, -0.2) is 4.79 Å². The molecule has 6 nitrogen and oxygen atoms in total. The van der Waals surface area contributed by atoms with Crippen molar-refractivity contribution in [3.8, 4) is 0 Å².